The first-order chi connectivity index (χ1) is 7.22. The molecule has 0 bridgehead atoms. The average Bonchev–Trinajstić information content (AvgIpc) is 2.30. The van der Waals surface area contributed by atoms with Gasteiger partial charge in [-0.3, -0.25) is 4.79 Å². The summed E-state index contributed by atoms with van der Waals surface area (Å²) in [7, 11) is 1.60. The fraction of sp³-hybridized carbons (Fsp3) is 0.417. The van der Waals surface area contributed by atoms with Gasteiger partial charge in [0.1, 0.15) is 5.75 Å². The van der Waals surface area contributed by atoms with Crippen LogP contribution in [-0.4, -0.2) is 18.2 Å². The third kappa shape index (κ3) is 5.73. The highest BCUT2D eigenvalue weighted by Crippen LogP contribution is 2.12. The Balaban J connectivity index is 0.000000921. The number of ether oxygens (including phenoxy) is 1. The van der Waals surface area contributed by atoms with Crippen LogP contribution in [0.1, 0.15) is 25.8 Å². The number of rotatable bonds is 4. The summed E-state index contributed by atoms with van der Waals surface area (Å²) < 4.78 is 4.98. The molecule has 3 heteroatoms. The molecule has 1 N–H and O–H groups in total. The van der Waals surface area contributed by atoms with Gasteiger partial charge in [-0.2, -0.15) is 0 Å². The molecule has 15 heavy (non-hydrogen) atoms. The molecule has 84 valence electrons. The maximum absolute atomic E-state index is 10.3. The van der Waals surface area contributed by atoms with Crippen LogP contribution < -0.4 is 4.74 Å². The molecule has 0 atom stereocenters. The summed E-state index contributed by atoms with van der Waals surface area (Å²) in [6.45, 7) is 4.00. The van der Waals surface area contributed by atoms with Crippen LogP contribution in [0.15, 0.2) is 24.3 Å². The standard InChI is InChI=1S/C10H12O3.C2H6/c1-13-9-5-2-8(3-6-9)4-7-10(11)12;1-2/h2-3,5-6H,4,7H2,1H3,(H,11,12);1-2H3. The number of aliphatic carboxylic acids is 1. The van der Waals surface area contributed by atoms with Gasteiger partial charge in [-0.25, -0.2) is 0 Å². The summed E-state index contributed by atoms with van der Waals surface area (Å²) in [5.74, 6) is 0.0230. The summed E-state index contributed by atoms with van der Waals surface area (Å²) in [5.41, 5.74) is 1.02. The van der Waals surface area contributed by atoms with Gasteiger partial charge in [0.25, 0.3) is 0 Å². The lowest BCUT2D eigenvalue weighted by Gasteiger charge is -2.01. The van der Waals surface area contributed by atoms with Gasteiger partial charge in [0, 0.05) is 6.42 Å². The molecular formula is C12H18O3. The maximum atomic E-state index is 10.3. The van der Waals surface area contributed by atoms with Crippen molar-refractivity contribution in [2.45, 2.75) is 26.7 Å². The molecule has 1 aromatic rings. The predicted octanol–water partition coefficient (Wildman–Crippen LogP) is 2.74. The van der Waals surface area contributed by atoms with Crippen molar-refractivity contribution in [3.8, 4) is 5.75 Å². The fourth-order valence-corrected chi connectivity index (χ4v) is 1.04. The lowest BCUT2D eigenvalue weighted by Crippen LogP contribution is -1.97. The molecule has 0 fully saturated rings. The highest BCUT2D eigenvalue weighted by Gasteiger charge is 1.98. The van der Waals surface area contributed by atoms with Gasteiger partial charge in [0.2, 0.25) is 0 Å². The fourth-order valence-electron chi connectivity index (χ4n) is 1.04. The molecule has 0 heterocycles. The number of carbonyl (C=O) groups is 1. The van der Waals surface area contributed by atoms with E-state index < -0.39 is 5.97 Å². The molecule has 0 saturated heterocycles. The number of carboxylic acid groups (broad SMARTS) is 1. The molecule has 0 radical (unpaired) electrons. The number of methoxy groups -OCH3 is 1. The Morgan fingerprint density at radius 3 is 2.20 bits per heavy atom. The smallest absolute Gasteiger partial charge is 0.303 e. The van der Waals surface area contributed by atoms with E-state index in [1.807, 2.05) is 38.1 Å². The van der Waals surface area contributed by atoms with Crippen LogP contribution in [0.25, 0.3) is 0 Å². The van der Waals surface area contributed by atoms with E-state index in [4.69, 9.17) is 9.84 Å². The molecule has 1 rings (SSSR count). The zero-order valence-electron chi connectivity index (χ0n) is 9.49. The number of carboxylic acids is 1. The highest BCUT2D eigenvalue weighted by atomic mass is 16.5. The Hall–Kier alpha value is -1.51. The summed E-state index contributed by atoms with van der Waals surface area (Å²) in [6, 6.07) is 7.41. The predicted molar refractivity (Wildman–Crippen MR) is 60.3 cm³/mol. The van der Waals surface area contributed by atoms with E-state index in [1.165, 1.54) is 0 Å². The Kier molecular flexibility index (Phi) is 7.06. The third-order valence-electron chi connectivity index (χ3n) is 1.79. The highest BCUT2D eigenvalue weighted by molar-refractivity contribution is 5.67. The number of hydrogen-bond donors (Lipinski definition) is 1. The zero-order chi connectivity index (χ0) is 11.7. The lowest BCUT2D eigenvalue weighted by atomic mass is 10.1. The summed E-state index contributed by atoms with van der Waals surface area (Å²) >= 11 is 0. The Morgan fingerprint density at radius 1 is 1.27 bits per heavy atom. The first-order valence-electron chi connectivity index (χ1n) is 5.07. The van der Waals surface area contributed by atoms with Crippen LogP contribution >= 0.6 is 0 Å². The largest absolute Gasteiger partial charge is 0.497 e. The van der Waals surface area contributed by atoms with Crippen molar-refractivity contribution in [1.82, 2.24) is 0 Å². The van der Waals surface area contributed by atoms with Crippen molar-refractivity contribution in [3.05, 3.63) is 29.8 Å². The number of benzene rings is 1. The van der Waals surface area contributed by atoms with Crippen LogP contribution in [0.3, 0.4) is 0 Å². The quantitative estimate of drug-likeness (QED) is 0.831. The average molecular weight is 210 g/mol. The lowest BCUT2D eigenvalue weighted by molar-refractivity contribution is -0.136. The topological polar surface area (TPSA) is 46.5 Å². The van der Waals surface area contributed by atoms with Gasteiger partial charge in [-0.15, -0.1) is 0 Å². The van der Waals surface area contributed by atoms with E-state index in [0.717, 1.165) is 11.3 Å². The van der Waals surface area contributed by atoms with Crippen molar-refractivity contribution in [3.63, 3.8) is 0 Å². The molecule has 0 aliphatic carbocycles. The normalized spacial score (nSPS) is 8.73. The monoisotopic (exact) mass is 210 g/mol. The zero-order valence-corrected chi connectivity index (χ0v) is 9.49. The van der Waals surface area contributed by atoms with E-state index in [0.29, 0.717) is 6.42 Å². The Morgan fingerprint density at radius 2 is 1.80 bits per heavy atom. The number of hydrogen-bond acceptors (Lipinski definition) is 2. The molecule has 0 amide bonds. The molecule has 3 nitrogen and oxygen atoms in total. The molecule has 1 aromatic carbocycles. The van der Waals surface area contributed by atoms with Gasteiger partial charge in [0.05, 0.1) is 7.11 Å². The molecule has 0 aliphatic heterocycles. The Labute approximate surface area is 90.7 Å². The van der Waals surface area contributed by atoms with Crippen molar-refractivity contribution in [2.75, 3.05) is 7.11 Å². The van der Waals surface area contributed by atoms with Crippen molar-refractivity contribution >= 4 is 5.97 Å². The van der Waals surface area contributed by atoms with E-state index >= 15 is 0 Å². The van der Waals surface area contributed by atoms with Crippen LogP contribution in [0.2, 0.25) is 0 Å². The van der Waals surface area contributed by atoms with E-state index in [1.54, 1.807) is 7.11 Å². The van der Waals surface area contributed by atoms with Crippen molar-refractivity contribution in [2.24, 2.45) is 0 Å². The molecule has 0 aliphatic rings. The van der Waals surface area contributed by atoms with Gasteiger partial charge in [0.15, 0.2) is 0 Å². The molecule has 0 saturated carbocycles. The van der Waals surface area contributed by atoms with Crippen LogP contribution in [0.4, 0.5) is 0 Å². The van der Waals surface area contributed by atoms with E-state index in [9.17, 15) is 4.79 Å². The maximum Gasteiger partial charge on any atom is 0.303 e. The Bertz CT molecular complexity index is 277. The molecule has 0 aromatic heterocycles. The van der Waals surface area contributed by atoms with Gasteiger partial charge in [-0.1, -0.05) is 26.0 Å². The van der Waals surface area contributed by atoms with E-state index in [2.05, 4.69) is 0 Å². The van der Waals surface area contributed by atoms with E-state index in [-0.39, 0.29) is 6.42 Å². The van der Waals surface area contributed by atoms with Gasteiger partial charge in [-0.05, 0) is 24.1 Å². The second-order valence-electron chi connectivity index (χ2n) is 2.74. The molecular weight excluding hydrogens is 192 g/mol. The minimum absolute atomic E-state index is 0.173. The summed E-state index contributed by atoms with van der Waals surface area (Å²) in [4.78, 5) is 10.3. The van der Waals surface area contributed by atoms with Crippen LogP contribution in [0, 0.1) is 0 Å². The SMILES string of the molecule is CC.COc1ccc(CCC(=O)O)cc1. The minimum atomic E-state index is -0.768. The molecule has 0 spiro atoms. The molecule has 0 unspecified atom stereocenters. The summed E-state index contributed by atoms with van der Waals surface area (Å²) in [6.07, 6.45) is 0.742. The van der Waals surface area contributed by atoms with Crippen molar-refractivity contribution < 1.29 is 14.6 Å². The van der Waals surface area contributed by atoms with Crippen LogP contribution in [0.5, 0.6) is 5.75 Å². The third-order valence-corrected chi connectivity index (χ3v) is 1.79. The second-order valence-corrected chi connectivity index (χ2v) is 2.74. The first-order valence-corrected chi connectivity index (χ1v) is 5.07. The second kappa shape index (κ2) is 7.85. The minimum Gasteiger partial charge on any atom is -0.497 e. The van der Waals surface area contributed by atoms with Crippen molar-refractivity contribution in [1.29, 1.82) is 0 Å². The summed E-state index contributed by atoms with van der Waals surface area (Å²) in [5, 5.41) is 8.45. The first kappa shape index (κ1) is 13.5. The van der Waals surface area contributed by atoms with Gasteiger partial charge < -0.3 is 9.84 Å². The number of aryl methyl sites for hydroxylation is 1. The van der Waals surface area contributed by atoms with Crippen LogP contribution in [-0.2, 0) is 11.2 Å². The van der Waals surface area contributed by atoms with Gasteiger partial charge >= 0.3 is 5.97 Å².